The second-order valence-electron chi connectivity index (χ2n) is 3.56. The maximum absolute atomic E-state index is 12.2. The lowest BCUT2D eigenvalue weighted by atomic mass is 10.1. The molecule has 0 aliphatic carbocycles. The molecule has 1 aromatic rings. The quantitative estimate of drug-likeness (QED) is 0.897. The molecule has 1 atom stereocenters. The van der Waals surface area contributed by atoms with Crippen molar-refractivity contribution in [2.24, 2.45) is 11.7 Å². The van der Waals surface area contributed by atoms with Crippen LogP contribution in [0, 0.1) is 5.92 Å². The van der Waals surface area contributed by atoms with Crippen LogP contribution >= 0.6 is 11.3 Å². The Balaban J connectivity index is 2.81. The molecule has 96 valence electrons. The summed E-state index contributed by atoms with van der Waals surface area (Å²) in [6.45, 7) is 3.31. The zero-order valence-corrected chi connectivity index (χ0v) is 9.80. The van der Waals surface area contributed by atoms with Crippen molar-refractivity contribution in [2.45, 2.75) is 26.1 Å². The molecule has 1 heterocycles. The molecule has 1 aromatic heterocycles. The number of hydrogen-bond donors (Lipinski definition) is 1. The third-order valence-electron chi connectivity index (χ3n) is 1.76. The first-order chi connectivity index (χ1) is 7.71. The van der Waals surface area contributed by atoms with Crippen molar-refractivity contribution < 1.29 is 22.7 Å². The van der Waals surface area contributed by atoms with Gasteiger partial charge < -0.3 is 10.5 Å². The van der Waals surface area contributed by atoms with Crippen molar-refractivity contribution in [1.82, 2.24) is 10.2 Å². The van der Waals surface area contributed by atoms with Gasteiger partial charge in [-0.2, -0.15) is 13.2 Å². The zero-order valence-electron chi connectivity index (χ0n) is 8.99. The van der Waals surface area contributed by atoms with Crippen LogP contribution < -0.4 is 10.5 Å². The number of ether oxygens (including phenoxy) is 1. The van der Waals surface area contributed by atoms with Crippen molar-refractivity contribution in [2.75, 3.05) is 0 Å². The van der Waals surface area contributed by atoms with Gasteiger partial charge in [-0.3, -0.25) is 4.79 Å². The standard InChI is InChI=1S/C8H10F3N3O2S/c1-3(2)4(5(12)15)16-7-14-13-6(17-7)8(9,10)11/h3-4H,1-2H3,(H2,12,15). The van der Waals surface area contributed by atoms with Crippen LogP contribution in [-0.4, -0.2) is 22.2 Å². The third-order valence-corrected chi connectivity index (χ3v) is 2.62. The summed E-state index contributed by atoms with van der Waals surface area (Å²) in [6.07, 6.45) is -5.59. The van der Waals surface area contributed by atoms with Gasteiger partial charge >= 0.3 is 6.18 Å². The van der Waals surface area contributed by atoms with Crippen LogP contribution in [0.1, 0.15) is 18.9 Å². The molecule has 0 saturated heterocycles. The Hall–Kier alpha value is -1.38. The molecule has 9 heteroatoms. The number of carbonyl (C=O) groups is 1. The minimum atomic E-state index is -4.57. The largest absolute Gasteiger partial charge is 0.455 e. The number of carbonyl (C=O) groups excluding carboxylic acids is 1. The number of rotatable bonds is 4. The number of nitrogens with zero attached hydrogens (tertiary/aromatic N) is 2. The van der Waals surface area contributed by atoms with Crippen molar-refractivity contribution in [3.8, 4) is 5.19 Å². The van der Waals surface area contributed by atoms with Crippen molar-refractivity contribution >= 4 is 17.2 Å². The Kier molecular flexibility index (Phi) is 3.91. The van der Waals surface area contributed by atoms with E-state index in [1.165, 1.54) is 0 Å². The fourth-order valence-corrected chi connectivity index (χ4v) is 1.60. The van der Waals surface area contributed by atoms with Gasteiger partial charge in [0, 0.05) is 0 Å². The van der Waals surface area contributed by atoms with E-state index >= 15 is 0 Å². The normalized spacial score (nSPS) is 13.8. The number of alkyl halides is 3. The summed E-state index contributed by atoms with van der Waals surface area (Å²) in [5.74, 6) is -1.03. The van der Waals surface area contributed by atoms with Crippen molar-refractivity contribution in [3.63, 3.8) is 0 Å². The molecule has 1 amide bonds. The molecule has 0 fully saturated rings. The minimum absolute atomic E-state index is 0.226. The number of hydrogen-bond acceptors (Lipinski definition) is 5. The van der Waals surface area contributed by atoms with Gasteiger partial charge in [-0.15, -0.1) is 5.10 Å². The maximum Gasteiger partial charge on any atom is 0.445 e. The molecule has 0 radical (unpaired) electrons. The third kappa shape index (κ3) is 3.55. The highest BCUT2D eigenvalue weighted by atomic mass is 32.1. The first-order valence-electron chi connectivity index (χ1n) is 4.58. The molecule has 0 aliphatic rings. The van der Waals surface area contributed by atoms with E-state index in [0.717, 1.165) is 0 Å². The van der Waals surface area contributed by atoms with Gasteiger partial charge in [-0.1, -0.05) is 30.3 Å². The van der Waals surface area contributed by atoms with Gasteiger partial charge in [-0.05, 0) is 5.92 Å². The number of primary amides is 1. The highest BCUT2D eigenvalue weighted by Crippen LogP contribution is 2.34. The molecule has 0 saturated carbocycles. The van der Waals surface area contributed by atoms with Crippen LogP contribution in [0.4, 0.5) is 13.2 Å². The van der Waals surface area contributed by atoms with Gasteiger partial charge in [0.15, 0.2) is 6.10 Å². The van der Waals surface area contributed by atoms with Crippen LogP contribution in [0.15, 0.2) is 0 Å². The average Bonchev–Trinajstić information content (AvgIpc) is 2.60. The fraction of sp³-hybridized carbons (Fsp3) is 0.625. The van der Waals surface area contributed by atoms with E-state index in [-0.39, 0.29) is 22.4 Å². The number of halogens is 3. The first-order valence-corrected chi connectivity index (χ1v) is 5.40. The number of nitrogens with two attached hydrogens (primary N) is 1. The first kappa shape index (κ1) is 13.7. The van der Waals surface area contributed by atoms with Crippen LogP contribution in [0.5, 0.6) is 5.19 Å². The maximum atomic E-state index is 12.2. The lowest BCUT2D eigenvalue weighted by Gasteiger charge is -2.16. The number of aromatic nitrogens is 2. The van der Waals surface area contributed by atoms with E-state index in [1.54, 1.807) is 13.8 Å². The van der Waals surface area contributed by atoms with Gasteiger partial charge in [0.1, 0.15) is 0 Å². The predicted molar refractivity (Wildman–Crippen MR) is 53.4 cm³/mol. The van der Waals surface area contributed by atoms with Gasteiger partial charge in [0.2, 0.25) is 5.01 Å². The Labute approximate surface area is 98.8 Å². The van der Waals surface area contributed by atoms with Crippen molar-refractivity contribution in [1.29, 1.82) is 0 Å². The van der Waals surface area contributed by atoms with E-state index in [0.29, 0.717) is 0 Å². The van der Waals surface area contributed by atoms with Crippen molar-refractivity contribution in [3.05, 3.63) is 5.01 Å². The molecule has 0 bridgehead atoms. The summed E-state index contributed by atoms with van der Waals surface area (Å²) in [7, 11) is 0. The number of amides is 1. The highest BCUT2D eigenvalue weighted by molar-refractivity contribution is 7.13. The minimum Gasteiger partial charge on any atom is -0.455 e. The van der Waals surface area contributed by atoms with Gasteiger partial charge in [-0.25, -0.2) is 0 Å². The van der Waals surface area contributed by atoms with E-state index in [2.05, 4.69) is 10.2 Å². The zero-order chi connectivity index (χ0) is 13.2. The Morgan fingerprint density at radius 2 is 2.00 bits per heavy atom. The fourth-order valence-electron chi connectivity index (χ4n) is 1.00. The highest BCUT2D eigenvalue weighted by Gasteiger charge is 2.36. The summed E-state index contributed by atoms with van der Waals surface area (Å²) in [5.41, 5.74) is 5.05. The summed E-state index contributed by atoms with van der Waals surface area (Å²) < 4.78 is 41.6. The molecule has 1 unspecified atom stereocenters. The lowest BCUT2D eigenvalue weighted by molar-refractivity contribution is -0.138. The Bertz CT molecular complexity index is 405. The van der Waals surface area contributed by atoms with E-state index in [1.807, 2.05) is 0 Å². The van der Waals surface area contributed by atoms with Crippen LogP contribution in [0.3, 0.4) is 0 Å². The average molecular weight is 269 g/mol. The summed E-state index contributed by atoms with van der Waals surface area (Å²) >= 11 is 0.226. The van der Waals surface area contributed by atoms with Gasteiger partial charge in [0.05, 0.1) is 0 Å². The SMILES string of the molecule is CC(C)C(Oc1nnc(C(F)(F)F)s1)C(N)=O. The van der Waals surface area contributed by atoms with E-state index in [9.17, 15) is 18.0 Å². The molecule has 17 heavy (non-hydrogen) atoms. The molecular formula is C8H10F3N3O2S. The topological polar surface area (TPSA) is 78.1 Å². The van der Waals surface area contributed by atoms with Crippen LogP contribution in [0.2, 0.25) is 0 Å². The summed E-state index contributed by atoms with van der Waals surface area (Å²) in [4.78, 5) is 11.0. The molecule has 2 N–H and O–H groups in total. The van der Waals surface area contributed by atoms with E-state index < -0.39 is 23.2 Å². The lowest BCUT2D eigenvalue weighted by Crippen LogP contribution is -2.37. The summed E-state index contributed by atoms with van der Waals surface area (Å²) in [6, 6.07) is 0. The summed E-state index contributed by atoms with van der Waals surface area (Å²) in [5, 5.41) is 4.68. The monoisotopic (exact) mass is 269 g/mol. The molecule has 1 rings (SSSR count). The predicted octanol–water partition coefficient (Wildman–Crippen LogP) is 1.45. The van der Waals surface area contributed by atoms with Gasteiger partial charge in [0.25, 0.3) is 11.1 Å². The smallest absolute Gasteiger partial charge is 0.445 e. The Morgan fingerprint density at radius 3 is 2.35 bits per heavy atom. The molecule has 0 spiro atoms. The molecular weight excluding hydrogens is 259 g/mol. The van der Waals surface area contributed by atoms with Crippen LogP contribution in [0.25, 0.3) is 0 Å². The second-order valence-corrected chi connectivity index (χ2v) is 4.50. The molecule has 0 aromatic carbocycles. The second kappa shape index (κ2) is 4.86. The van der Waals surface area contributed by atoms with Crippen LogP contribution in [-0.2, 0) is 11.0 Å². The molecule has 5 nitrogen and oxygen atoms in total. The Morgan fingerprint density at radius 1 is 1.41 bits per heavy atom. The van der Waals surface area contributed by atoms with E-state index in [4.69, 9.17) is 10.5 Å². The molecule has 0 aliphatic heterocycles.